The average molecular weight is 171 g/mol. The summed E-state index contributed by atoms with van der Waals surface area (Å²) in [6, 6.07) is -0.348. The molecule has 0 unspecified atom stereocenters. The minimum Gasteiger partial charge on any atom is -0.396 e. The van der Waals surface area contributed by atoms with E-state index in [4.69, 9.17) is 5.11 Å². The largest absolute Gasteiger partial charge is 0.396 e. The third-order valence-corrected chi connectivity index (χ3v) is 1.95. The topological polar surface area (TPSA) is 69.6 Å². The van der Waals surface area contributed by atoms with E-state index < -0.39 is 6.10 Å². The lowest BCUT2D eigenvalue weighted by molar-refractivity contribution is -0.120. The normalized spacial score (nSPS) is 33.8. The maximum absolute atomic E-state index is 10.6. The summed E-state index contributed by atoms with van der Waals surface area (Å²) in [7, 11) is 0. The van der Waals surface area contributed by atoms with E-state index in [2.05, 4.69) is 5.32 Å². The van der Waals surface area contributed by atoms with Crippen LogP contribution in [-0.2, 0) is 4.79 Å². The van der Waals surface area contributed by atoms with Crippen LogP contribution in [0.1, 0.15) is 6.92 Å². The molecule has 3 atom stereocenters. The zero-order chi connectivity index (χ0) is 9.14. The molecule has 0 aromatic carbocycles. The van der Waals surface area contributed by atoms with Gasteiger partial charge in [0.2, 0.25) is 5.91 Å². The van der Waals surface area contributed by atoms with E-state index in [1.165, 1.54) is 6.92 Å². The van der Waals surface area contributed by atoms with Gasteiger partial charge in [-0.2, -0.15) is 0 Å². The first-order valence-corrected chi connectivity index (χ1v) is 3.89. The highest BCUT2D eigenvalue weighted by molar-refractivity contribution is 5.73. The molecule has 0 saturated heterocycles. The van der Waals surface area contributed by atoms with Crippen LogP contribution in [0.5, 0.6) is 0 Å². The van der Waals surface area contributed by atoms with Crippen molar-refractivity contribution in [1.82, 2.24) is 5.32 Å². The zero-order valence-electron chi connectivity index (χ0n) is 6.90. The zero-order valence-corrected chi connectivity index (χ0v) is 6.90. The molecule has 1 amide bonds. The van der Waals surface area contributed by atoms with E-state index in [1.54, 1.807) is 12.2 Å². The van der Waals surface area contributed by atoms with Gasteiger partial charge >= 0.3 is 0 Å². The third kappa shape index (κ3) is 1.84. The van der Waals surface area contributed by atoms with Crippen LogP contribution in [-0.4, -0.2) is 34.9 Å². The molecule has 3 N–H and O–H groups in total. The summed E-state index contributed by atoms with van der Waals surface area (Å²) in [5.41, 5.74) is 0. The predicted octanol–water partition coefficient (Wildman–Crippen LogP) is -0.970. The highest BCUT2D eigenvalue weighted by Gasteiger charge is 2.29. The summed E-state index contributed by atoms with van der Waals surface area (Å²) in [6.45, 7) is 1.31. The van der Waals surface area contributed by atoms with Gasteiger partial charge in [0.05, 0.1) is 18.8 Å². The SMILES string of the molecule is CC(=O)N[C@@H]1C=C[C@@H](CO)[C@@H]1O. The van der Waals surface area contributed by atoms with Crippen LogP contribution in [0.2, 0.25) is 0 Å². The second kappa shape index (κ2) is 3.69. The van der Waals surface area contributed by atoms with Crippen LogP contribution in [0.3, 0.4) is 0 Å². The Bertz CT molecular complexity index is 202. The summed E-state index contributed by atoms with van der Waals surface area (Å²) in [5.74, 6) is -0.427. The summed E-state index contributed by atoms with van der Waals surface area (Å²) in [5, 5.41) is 20.8. The van der Waals surface area contributed by atoms with E-state index in [0.717, 1.165) is 0 Å². The molecular weight excluding hydrogens is 158 g/mol. The second-order valence-corrected chi connectivity index (χ2v) is 2.95. The lowest BCUT2D eigenvalue weighted by Crippen LogP contribution is -2.41. The first kappa shape index (κ1) is 9.22. The minimum atomic E-state index is -0.695. The molecule has 0 radical (unpaired) electrons. The smallest absolute Gasteiger partial charge is 0.217 e. The van der Waals surface area contributed by atoms with Crippen LogP contribution in [0, 0.1) is 5.92 Å². The maximum atomic E-state index is 10.6. The molecule has 0 saturated carbocycles. The molecular formula is C8H13NO3. The molecule has 0 heterocycles. The standard InChI is InChI=1S/C8H13NO3/c1-5(11)9-7-3-2-6(4-10)8(7)12/h2-3,6-8,10,12H,4H2,1H3,(H,9,11)/t6-,7+,8-/m0/s1. The summed E-state index contributed by atoms with van der Waals surface area (Å²) in [4.78, 5) is 10.6. The van der Waals surface area contributed by atoms with E-state index >= 15 is 0 Å². The van der Waals surface area contributed by atoms with Gasteiger partial charge in [0.1, 0.15) is 0 Å². The van der Waals surface area contributed by atoms with Crippen molar-refractivity contribution in [2.75, 3.05) is 6.61 Å². The third-order valence-electron chi connectivity index (χ3n) is 1.95. The number of carbonyl (C=O) groups excluding carboxylic acids is 1. The first-order valence-electron chi connectivity index (χ1n) is 3.89. The van der Waals surface area contributed by atoms with Crippen molar-refractivity contribution >= 4 is 5.91 Å². The maximum Gasteiger partial charge on any atom is 0.217 e. The quantitative estimate of drug-likeness (QED) is 0.468. The Morgan fingerprint density at radius 3 is 2.67 bits per heavy atom. The van der Waals surface area contributed by atoms with Gasteiger partial charge in [-0.05, 0) is 0 Å². The lowest BCUT2D eigenvalue weighted by atomic mass is 10.1. The van der Waals surface area contributed by atoms with Crippen LogP contribution in [0.4, 0.5) is 0 Å². The van der Waals surface area contributed by atoms with E-state index in [9.17, 15) is 9.90 Å². The average Bonchev–Trinajstić information content (AvgIpc) is 2.32. The van der Waals surface area contributed by atoms with Gasteiger partial charge in [0, 0.05) is 12.8 Å². The minimum absolute atomic E-state index is 0.0895. The van der Waals surface area contributed by atoms with Crippen molar-refractivity contribution in [3.63, 3.8) is 0 Å². The van der Waals surface area contributed by atoms with E-state index in [1.807, 2.05) is 0 Å². The van der Waals surface area contributed by atoms with E-state index in [0.29, 0.717) is 0 Å². The van der Waals surface area contributed by atoms with Crippen molar-refractivity contribution in [2.45, 2.75) is 19.1 Å². The molecule has 12 heavy (non-hydrogen) atoms. The van der Waals surface area contributed by atoms with Gasteiger partial charge in [-0.15, -0.1) is 0 Å². The van der Waals surface area contributed by atoms with Gasteiger partial charge < -0.3 is 15.5 Å². The fraction of sp³-hybridized carbons (Fsp3) is 0.625. The van der Waals surface area contributed by atoms with Crippen molar-refractivity contribution in [1.29, 1.82) is 0 Å². The van der Waals surface area contributed by atoms with Gasteiger partial charge in [-0.1, -0.05) is 12.2 Å². The molecule has 0 aromatic rings. The molecule has 0 bridgehead atoms. The van der Waals surface area contributed by atoms with Gasteiger partial charge in [0.15, 0.2) is 0 Å². The van der Waals surface area contributed by atoms with Crippen LogP contribution < -0.4 is 5.32 Å². The van der Waals surface area contributed by atoms with Crippen LogP contribution in [0.25, 0.3) is 0 Å². The Kier molecular flexibility index (Phi) is 2.83. The number of carbonyl (C=O) groups is 1. The summed E-state index contributed by atoms with van der Waals surface area (Å²) < 4.78 is 0. The molecule has 1 aliphatic carbocycles. The number of amides is 1. The van der Waals surface area contributed by atoms with Crippen molar-refractivity contribution in [2.24, 2.45) is 5.92 Å². The van der Waals surface area contributed by atoms with Crippen LogP contribution >= 0.6 is 0 Å². The van der Waals surface area contributed by atoms with Crippen molar-refractivity contribution in [3.05, 3.63) is 12.2 Å². The highest BCUT2D eigenvalue weighted by Crippen LogP contribution is 2.17. The Balaban J connectivity index is 2.49. The van der Waals surface area contributed by atoms with E-state index in [-0.39, 0.29) is 24.5 Å². The first-order chi connectivity index (χ1) is 5.65. The molecule has 68 valence electrons. The number of aliphatic hydroxyl groups excluding tert-OH is 2. The lowest BCUT2D eigenvalue weighted by Gasteiger charge is -2.18. The predicted molar refractivity (Wildman–Crippen MR) is 43.3 cm³/mol. The molecule has 0 fully saturated rings. The number of hydrogen-bond donors (Lipinski definition) is 3. The fourth-order valence-electron chi connectivity index (χ4n) is 1.29. The summed E-state index contributed by atoms with van der Waals surface area (Å²) >= 11 is 0. The Morgan fingerprint density at radius 1 is 1.58 bits per heavy atom. The van der Waals surface area contributed by atoms with Crippen molar-refractivity contribution < 1.29 is 15.0 Å². The monoisotopic (exact) mass is 171 g/mol. The van der Waals surface area contributed by atoms with Crippen molar-refractivity contribution in [3.8, 4) is 0 Å². The molecule has 0 aromatic heterocycles. The van der Waals surface area contributed by atoms with Gasteiger partial charge in [-0.3, -0.25) is 4.79 Å². The molecule has 0 spiro atoms. The molecule has 0 aliphatic heterocycles. The highest BCUT2D eigenvalue weighted by atomic mass is 16.3. The van der Waals surface area contributed by atoms with Gasteiger partial charge in [0.25, 0.3) is 0 Å². The number of rotatable bonds is 2. The Hall–Kier alpha value is -0.870. The molecule has 4 heteroatoms. The Morgan fingerprint density at radius 2 is 2.25 bits per heavy atom. The number of aliphatic hydroxyl groups is 2. The van der Waals surface area contributed by atoms with Crippen LogP contribution in [0.15, 0.2) is 12.2 Å². The Labute approximate surface area is 70.9 Å². The fourth-order valence-corrected chi connectivity index (χ4v) is 1.29. The number of nitrogens with one attached hydrogen (secondary N) is 1. The second-order valence-electron chi connectivity index (χ2n) is 2.95. The molecule has 1 rings (SSSR count). The number of hydrogen-bond acceptors (Lipinski definition) is 3. The summed E-state index contributed by atoms with van der Waals surface area (Å²) in [6.07, 6.45) is 2.72. The van der Waals surface area contributed by atoms with Gasteiger partial charge in [-0.25, -0.2) is 0 Å². The molecule has 4 nitrogen and oxygen atoms in total. The molecule has 1 aliphatic rings.